The summed E-state index contributed by atoms with van der Waals surface area (Å²) in [4.78, 5) is 4.38. The van der Waals surface area contributed by atoms with Gasteiger partial charge in [-0.3, -0.25) is 5.41 Å². The van der Waals surface area contributed by atoms with Crippen molar-refractivity contribution in [2.45, 2.75) is 20.0 Å². The highest BCUT2D eigenvalue weighted by molar-refractivity contribution is 6.06. The van der Waals surface area contributed by atoms with Crippen molar-refractivity contribution < 1.29 is 4.74 Å². The van der Waals surface area contributed by atoms with Crippen LogP contribution in [0.3, 0.4) is 0 Å². The lowest BCUT2D eigenvalue weighted by Crippen LogP contribution is -2.14. The number of hydrogen-bond donors (Lipinski definition) is 2. The Morgan fingerprint density at radius 3 is 2.71 bits per heavy atom. The van der Waals surface area contributed by atoms with Gasteiger partial charge in [0, 0.05) is 17.0 Å². The predicted octanol–water partition coefficient (Wildman–Crippen LogP) is 2.31. The summed E-state index contributed by atoms with van der Waals surface area (Å²) in [6, 6.07) is 9.30. The van der Waals surface area contributed by atoms with Gasteiger partial charge in [0.15, 0.2) is 0 Å². The van der Waals surface area contributed by atoms with E-state index in [4.69, 9.17) is 15.9 Å². The van der Waals surface area contributed by atoms with Crippen molar-refractivity contribution in [1.82, 2.24) is 4.98 Å². The Labute approximate surface area is 99.9 Å². The molecule has 3 N–H and O–H groups in total. The van der Waals surface area contributed by atoms with Crippen LogP contribution < -0.4 is 10.5 Å². The standard InChI is InChI=1S/C13H15N3O/c1-8(2)17-12-7-10(13(14)15)9-5-3-4-6-11(9)16-12/h3-8H,1-2H3,(H3,14,15). The van der Waals surface area contributed by atoms with Crippen molar-refractivity contribution in [2.24, 2.45) is 5.73 Å². The molecule has 0 spiro atoms. The van der Waals surface area contributed by atoms with E-state index in [9.17, 15) is 0 Å². The van der Waals surface area contributed by atoms with E-state index >= 15 is 0 Å². The highest BCUT2D eigenvalue weighted by Gasteiger charge is 2.09. The monoisotopic (exact) mass is 229 g/mol. The molecule has 0 aliphatic carbocycles. The number of pyridine rings is 1. The van der Waals surface area contributed by atoms with E-state index in [1.165, 1.54) is 0 Å². The largest absolute Gasteiger partial charge is 0.475 e. The summed E-state index contributed by atoms with van der Waals surface area (Å²) >= 11 is 0. The summed E-state index contributed by atoms with van der Waals surface area (Å²) in [5.41, 5.74) is 7.03. The normalized spacial score (nSPS) is 10.8. The quantitative estimate of drug-likeness (QED) is 0.626. The van der Waals surface area contributed by atoms with Crippen molar-refractivity contribution >= 4 is 16.7 Å². The first-order valence-electron chi connectivity index (χ1n) is 5.49. The third kappa shape index (κ3) is 2.36. The average molecular weight is 229 g/mol. The van der Waals surface area contributed by atoms with Gasteiger partial charge in [0.2, 0.25) is 5.88 Å². The Hall–Kier alpha value is -2.10. The number of nitrogens with zero attached hydrogens (tertiary/aromatic N) is 1. The summed E-state index contributed by atoms with van der Waals surface area (Å²) in [5.74, 6) is 0.529. The Balaban J connectivity index is 2.63. The molecule has 0 atom stereocenters. The van der Waals surface area contributed by atoms with E-state index in [1.807, 2.05) is 38.1 Å². The Morgan fingerprint density at radius 1 is 1.35 bits per heavy atom. The Bertz CT molecular complexity index is 564. The minimum Gasteiger partial charge on any atom is -0.475 e. The van der Waals surface area contributed by atoms with Crippen molar-refractivity contribution in [3.8, 4) is 5.88 Å². The topological polar surface area (TPSA) is 72.0 Å². The summed E-state index contributed by atoms with van der Waals surface area (Å²) in [5, 5.41) is 8.46. The third-order valence-corrected chi connectivity index (χ3v) is 2.34. The number of benzene rings is 1. The van der Waals surface area contributed by atoms with E-state index < -0.39 is 0 Å². The maximum atomic E-state index is 7.59. The molecule has 1 aromatic carbocycles. The molecule has 0 fully saturated rings. The van der Waals surface area contributed by atoms with E-state index in [2.05, 4.69) is 4.98 Å². The second-order valence-electron chi connectivity index (χ2n) is 4.11. The number of nitrogens with one attached hydrogen (secondary N) is 1. The molecule has 1 aromatic heterocycles. The maximum Gasteiger partial charge on any atom is 0.214 e. The molecule has 4 heteroatoms. The van der Waals surface area contributed by atoms with Crippen LogP contribution in [0.15, 0.2) is 30.3 Å². The molecule has 88 valence electrons. The third-order valence-electron chi connectivity index (χ3n) is 2.34. The highest BCUT2D eigenvalue weighted by Crippen LogP contribution is 2.22. The summed E-state index contributed by atoms with van der Waals surface area (Å²) in [7, 11) is 0. The zero-order chi connectivity index (χ0) is 12.4. The fourth-order valence-corrected chi connectivity index (χ4v) is 1.68. The summed E-state index contributed by atoms with van der Waals surface area (Å²) in [6.45, 7) is 3.87. The van der Waals surface area contributed by atoms with Gasteiger partial charge in [-0.15, -0.1) is 0 Å². The number of nitrogen functional groups attached to an aromatic ring is 1. The van der Waals surface area contributed by atoms with Gasteiger partial charge in [-0.05, 0) is 19.9 Å². The fraction of sp³-hybridized carbons (Fsp3) is 0.231. The summed E-state index contributed by atoms with van der Waals surface area (Å²) < 4.78 is 5.55. The first-order chi connectivity index (χ1) is 8.08. The van der Waals surface area contributed by atoms with Crippen LogP contribution >= 0.6 is 0 Å². The zero-order valence-electron chi connectivity index (χ0n) is 9.90. The summed E-state index contributed by atoms with van der Waals surface area (Å²) in [6.07, 6.45) is 0.0449. The molecule has 0 radical (unpaired) electrons. The molecule has 2 rings (SSSR count). The van der Waals surface area contributed by atoms with Crippen molar-refractivity contribution in [1.29, 1.82) is 5.41 Å². The number of aromatic nitrogens is 1. The number of amidine groups is 1. The lowest BCUT2D eigenvalue weighted by molar-refractivity contribution is 0.233. The first-order valence-corrected chi connectivity index (χ1v) is 5.49. The van der Waals surface area contributed by atoms with Gasteiger partial charge in [0.05, 0.1) is 11.6 Å². The molecular weight excluding hydrogens is 214 g/mol. The van der Waals surface area contributed by atoms with E-state index in [0.717, 1.165) is 10.9 Å². The number of fused-ring (bicyclic) bond motifs is 1. The van der Waals surface area contributed by atoms with Crippen LogP contribution in [-0.2, 0) is 0 Å². The SMILES string of the molecule is CC(C)Oc1cc(C(=N)N)c2ccccc2n1. The van der Waals surface area contributed by atoms with Crippen LogP contribution in [0.2, 0.25) is 0 Å². The predicted molar refractivity (Wildman–Crippen MR) is 68.5 cm³/mol. The number of rotatable bonds is 3. The minimum atomic E-state index is 0.0252. The molecule has 0 aliphatic rings. The number of para-hydroxylation sites is 1. The van der Waals surface area contributed by atoms with Gasteiger partial charge in [-0.2, -0.15) is 0 Å². The van der Waals surface area contributed by atoms with Crippen molar-refractivity contribution in [2.75, 3.05) is 0 Å². The highest BCUT2D eigenvalue weighted by atomic mass is 16.5. The number of nitrogens with two attached hydrogens (primary N) is 1. The number of ether oxygens (including phenoxy) is 1. The van der Waals surface area contributed by atoms with Gasteiger partial charge in [0.1, 0.15) is 5.84 Å². The first kappa shape index (κ1) is 11.4. The fourth-order valence-electron chi connectivity index (χ4n) is 1.68. The molecule has 0 aliphatic heterocycles. The Morgan fingerprint density at radius 2 is 2.06 bits per heavy atom. The van der Waals surface area contributed by atoms with Crippen LogP contribution in [0.25, 0.3) is 10.9 Å². The van der Waals surface area contributed by atoms with Crippen molar-refractivity contribution in [3.05, 3.63) is 35.9 Å². The average Bonchev–Trinajstić information content (AvgIpc) is 2.27. The van der Waals surface area contributed by atoms with Gasteiger partial charge >= 0.3 is 0 Å². The molecule has 17 heavy (non-hydrogen) atoms. The molecule has 0 saturated carbocycles. The number of hydrogen-bond acceptors (Lipinski definition) is 3. The van der Waals surface area contributed by atoms with Gasteiger partial charge in [-0.25, -0.2) is 4.98 Å². The van der Waals surface area contributed by atoms with Crippen LogP contribution in [0, 0.1) is 5.41 Å². The molecule has 1 heterocycles. The van der Waals surface area contributed by atoms with Crippen LogP contribution in [0.1, 0.15) is 19.4 Å². The lowest BCUT2D eigenvalue weighted by Gasteiger charge is -2.11. The van der Waals surface area contributed by atoms with Gasteiger partial charge in [0.25, 0.3) is 0 Å². The molecule has 0 saturated heterocycles. The minimum absolute atomic E-state index is 0.0252. The molecule has 0 unspecified atom stereocenters. The molecule has 4 nitrogen and oxygen atoms in total. The van der Waals surface area contributed by atoms with Crippen LogP contribution in [-0.4, -0.2) is 16.9 Å². The van der Waals surface area contributed by atoms with Crippen LogP contribution in [0.5, 0.6) is 5.88 Å². The van der Waals surface area contributed by atoms with Crippen LogP contribution in [0.4, 0.5) is 0 Å². The van der Waals surface area contributed by atoms with Gasteiger partial charge < -0.3 is 10.5 Å². The van der Waals surface area contributed by atoms with E-state index in [1.54, 1.807) is 6.07 Å². The molecule has 0 amide bonds. The molecule has 0 bridgehead atoms. The van der Waals surface area contributed by atoms with E-state index in [0.29, 0.717) is 11.4 Å². The van der Waals surface area contributed by atoms with Gasteiger partial charge in [-0.1, -0.05) is 18.2 Å². The lowest BCUT2D eigenvalue weighted by atomic mass is 10.1. The zero-order valence-corrected chi connectivity index (χ0v) is 9.90. The second kappa shape index (κ2) is 4.41. The Kier molecular flexibility index (Phi) is 2.95. The molecule has 2 aromatic rings. The molecular formula is C13H15N3O. The van der Waals surface area contributed by atoms with Crippen molar-refractivity contribution in [3.63, 3.8) is 0 Å². The smallest absolute Gasteiger partial charge is 0.214 e. The van der Waals surface area contributed by atoms with E-state index in [-0.39, 0.29) is 11.9 Å². The maximum absolute atomic E-state index is 7.59. The second-order valence-corrected chi connectivity index (χ2v) is 4.11.